The van der Waals surface area contributed by atoms with Crippen LogP contribution < -0.4 is 4.74 Å². The summed E-state index contributed by atoms with van der Waals surface area (Å²) < 4.78 is 6.74. The topological polar surface area (TPSA) is 84.6 Å². The van der Waals surface area contributed by atoms with Crippen molar-refractivity contribution >= 4 is 5.97 Å². The number of benzene rings is 1. The molecule has 0 saturated carbocycles. The van der Waals surface area contributed by atoms with Gasteiger partial charge in [-0.15, -0.1) is 0 Å². The second kappa shape index (κ2) is 4.17. The Kier molecular flexibility index (Phi) is 2.70. The van der Waals surface area contributed by atoms with E-state index in [2.05, 4.69) is 4.98 Å². The summed E-state index contributed by atoms with van der Waals surface area (Å²) in [6, 6.07) is 6.48. The Balaban J connectivity index is 2.30. The van der Waals surface area contributed by atoms with Gasteiger partial charge in [-0.05, 0) is 12.1 Å². The van der Waals surface area contributed by atoms with Crippen molar-refractivity contribution in [1.29, 1.82) is 0 Å². The molecule has 2 rings (SSSR count). The van der Waals surface area contributed by atoms with Crippen LogP contribution in [0, 0.1) is 0 Å². The number of aromatic carboxylic acids is 1. The highest BCUT2D eigenvalue weighted by atomic mass is 16.5. The van der Waals surface area contributed by atoms with Gasteiger partial charge in [0.05, 0.1) is 0 Å². The first-order valence-corrected chi connectivity index (χ1v) is 4.80. The lowest BCUT2D eigenvalue weighted by Gasteiger charge is -2.05. The van der Waals surface area contributed by atoms with Gasteiger partial charge in [0.25, 0.3) is 0 Å². The Morgan fingerprint density at radius 1 is 1.41 bits per heavy atom. The van der Waals surface area contributed by atoms with Crippen molar-refractivity contribution in [3.8, 4) is 17.5 Å². The number of imidazole rings is 1. The number of nitrogens with zero attached hydrogens (tertiary/aromatic N) is 2. The molecule has 0 aliphatic rings. The maximum absolute atomic E-state index is 10.7. The van der Waals surface area contributed by atoms with Crippen molar-refractivity contribution in [2.75, 3.05) is 0 Å². The monoisotopic (exact) mass is 234 g/mol. The summed E-state index contributed by atoms with van der Waals surface area (Å²) in [5, 5.41) is 18.3. The second-order valence-electron chi connectivity index (χ2n) is 3.39. The van der Waals surface area contributed by atoms with Crippen LogP contribution in [0.2, 0.25) is 0 Å². The Morgan fingerprint density at radius 3 is 2.71 bits per heavy atom. The zero-order valence-corrected chi connectivity index (χ0v) is 8.99. The van der Waals surface area contributed by atoms with Gasteiger partial charge in [-0.2, -0.15) is 4.98 Å². The molecule has 0 aliphatic carbocycles. The first kappa shape index (κ1) is 11.0. The third-order valence-corrected chi connectivity index (χ3v) is 2.12. The molecule has 0 unspecified atom stereocenters. The lowest BCUT2D eigenvalue weighted by molar-refractivity contribution is 0.0690. The summed E-state index contributed by atoms with van der Waals surface area (Å²) in [5.41, 5.74) is -0.113. The first-order chi connectivity index (χ1) is 8.08. The van der Waals surface area contributed by atoms with E-state index in [4.69, 9.17) is 9.84 Å². The lowest BCUT2D eigenvalue weighted by atomic mass is 10.3. The second-order valence-corrected chi connectivity index (χ2v) is 3.39. The molecule has 0 saturated heterocycles. The third-order valence-electron chi connectivity index (χ3n) is 2.12. The Morgan fingerprint density at radius 2 is 2.12 bits per heavy atom. The molecule has 1 aromatic carbocycles. The molecule has 6 heteroatoms. The normalized spacial score (nSPS) is 10.2. The van der Waals surface area contributed by atoms with Gasteiger partial charge >= 0.3 is 12.0 Å². The minimum absolute atomic E-state index is 0.0348. The summed E-state index contributed by atoms with van der Waals surface area (Å²) in [5.74, 6) is -0.946. The zero-order chi connectivity index (χ0) is 12.4. The number of aromatic hydroxyl groups is 1. The molecule has 6 nitrogen and oxygen atoms in total. The van der Waals surface area contributed by atoms with E-state index in [1.807, 2.05) is 0 Å². The molecule has 1 aromatic heterocycles. The van der Waals surface area contributed by atoms with Gasteiger partial charge in [-0.25, -0.2) is 4.79 Å². The number of carbonyl (C=O) groups is 1. The molecule has 2 aromatic rings. The van der Waals surface area contributed by atoms with Crippen LogP contribution in [0.15, 0.2) is 30.5 Å². The highest BCUT2D eigenvalue weighted by Gasteiger charge is 2.13. The summed E-state index contributed by atoms with van der Waals surface area (Å²) in [7, 11) is 1.61. The maximum atomic E-state index is 10.7. The highest BCUT2D eigenvalue weighted by molar-refractivity contribution is 5.85. The molecule has 0 bridgehead atoms. The molecular formula is C11H10N2O4. The van der Waals surface area contributed by atoms with Gasteiger partial charge < -0.3 is 19.5 Å². The number of rotatable bonds is 3. The fourth-order valence-electron chi connectivity index (χ4n) is 1.29. The van der Waals surface area contributed by atoms with Crippen molar-refractivity contribution < 1.29 is 19.7 Å². The zero-order valence-electron chi connectivity index (χ0n) is 8.99. The molecule has 1 heterocycles. The van der Waals surface area contributed by atoms with Gasteiger partial charge in [0, 0.05) is 13.2 Å². The molecule has 2 N–H and O–H groups in total. The lowest BCUT2D eigenvalue weighted by Crippen LogP contribution is -1.95. The fourth-order valence-corrected chi connectivity index (χ4v) is 1.29. The molecule has 0 aliphatic heterocycles. The first-order valence-electron chi connectivity index (χ1n) is 4.80. The van der Waals surface area contributed by atoms with Crippen LogP contribution >= 0.6 is 0 Å². The Hall–Kier alpha value is -2.50. The number of hydrogen-bond donors (Lipinski definition) is 2. The number of phenolic OH excluding ortho intramolecular Hbond substituents is 1. The van der Waals surface area contributed by atoms with Crippen LogP contribution in [0.3, 0.4) is 0 Å². The van der Waals surface area contributed by atoms with Gasteiger partial charge in [0.15, 0.2) is 17.2 Å². The van der Waals surface area contributed by atoms with E-state index in [1.165, 1.54) is 16.8 Å². The van der Waals surface area contributed by atoms with Gasteiger partial charge in [-0.1, -0.05) is 12.1 Å². The van der Waals surface area contributed by atoms with E-state index in [1.54, 1.807) is 25.2 Å². The van der Waals surface area contributed by atoms with Crippen LogP contribution in [0.5, 0.6) is 17.5 Å². The van der Waals surface area contributed by atoms with Crippen molar-refractivity contribution in [3.05, 3.63) is 36.2 Å². The average Bonchev–Trinajstić information content (AvgIpc) is 2.64. The van der Waals surface area contributed by atoms with Crippen molar-refractivity contribution in [1.82, 2.24) is 9.55 Å². The Labute approximate surface area is 96.7 Å². The van der Waals surface area contributed by atoms with Crippen molar-refractivity contribution in [2.45, 2.75) is 0 Å². The number of carboxylic acid groups (broad SMARTS) is 1. The number of aryl methyl sites for hydroxylation is 1. The molecule has 0 spiro atoms. The number of ether oxygens (including phenoxy) is 1. The van der Waals surface area contributed by atoms with E-state index in [9.17, 15) is 9.90 Å². The van der Waals surface area contributed by atoms with E-state index in [-0.39, 0.29) is 23.2 Å². The standard InChI is InChI=1S/C11H10N2O4/c1-13-6-7(10(15)16)12-11(13)17-9-5-3-2-4-8(9)14/h2-6,14H,1H3,(H,15,16). The average molecular weight is 234 g/mol. The van der Waals surface area contributed by atoms with Gasteiger partial charge in [0.1, 0.15) is 0 Å². The number of carboxylic acids is 1. The molecule has 88 valence electrons. The quantitative estimate of drug-likeness (QED) is 0.842. The smallest absolute Gasteiger partial charge is 0.356 e. The largest absolute Gasteiger partial charge is 0.504 e. The Bertz CT molecular complexity index is 562. The van der Waals surface area contributed by atoms with Crippen LogP contribution in [-0.4, -0.2) is 25.7 Å². The van der Waals surface area contributed by atoms with Crippen LogP contribution in [0.25, 0.3) is 0 Å². The fraction of sp³-hybridized carbons (Fsp3) is 0.0909. The highest BCUT2D eigenvalue weighted by Crippen LogP contribution is 2.29. The van der Waals surface area contributed by atoms with Crippen LogP contribution in [0.1, 0.15) is 10.5 Å². The molecular weight excluding hydrogens is 224 g/mol. The molecule has 17 heavy (non-hydrogen) atoms. The summed E-state index contributed by atoms with van der Waals surface area (Å²) in [6.07, 6.45) is 1.33. The van der Waals surface area contributed by atoms with E-state index >= 15 is 0 Å². The number of hydrogen-bond acceptors (Lipinski definition) is 4. The molecule has 0 radical (unpaired) electrons. The number of aromatic nitrogens is 2. The predicted molar refractivity (Wildman–Crippen MR) is 58.3 cm³/mol. The summed E-state index contributed by atoms with van der Waals surface area (Å²) >= 11 is 0. The van der Waals surface area contributed by atoms with Crippen LogP contribution in [0.4, 0.5) is 0 Å². The van der Waals surface area contributed by atoms with Gasteiger partial charge in [-0.3, -0.25) is 0 Å². The molecule has 0 atom stereocenters. The number of para-hydroxylation sites is 2. The third kappa shape index (κ3) is 2.20. The minimum atomic E-state index is -1.13. The summed E-state index contributed by atoms with van der Waals surface area (Å²) in [4.78, 5) is 14.5. The molecule has 0 amide bonds. The number of phenols is 1. The molecule has 0 fully saturated rings. The minimum Gasteiger partial charge on any atom is -0.504 e. The van der Waals surface area contributed by atoms with Crippen molar-refractivity contribution in [2.24, 2.45) is 7.05 Å². The van der Waals surface area contributed by atoms with E-state index in [0.29, 0.717) is 0 Å². The SMILES string of the molecule is Cn1cc(C(=O)O)nc1Oc1ccccc1O. The maximum Gasteiger partial charge on any atom is 0.356 e. The summed E-state index contributed by atoms with van der Waals surface area (Å²) in [6.45, 7) is 0. The van der Waals surface area contributed by atoms with Gasteiger partial charge in [0.2, 0.25) is 0 Å². The predicted octanol–water partition coefficient (Wildman–Crippen LogP) is 1.62. The van der Waals surface area contributed by atoms with Crippen molar-refractivity contribution in [3.63, 3.8) is 0 Å². The van der Waals surface area contributed by atoms with E-state index < -0.39 is 5.97 Å². The van der Waals surface area contributed by atoms with E-state index in [0.717, 1.165) is 0 Å². The van der Waals surface area contributed by atoms with Crippen LogP contribution in [-0.2, 0) is 7.05 Å².